The standard InChI is InChI=1S/C14H24N4O6/c1-7(15)11(20)17-9(6-19)12(21)16-8(2)13(22)18-5-3-4-10(18)14(23)24/h7-10,19H,3-6,15H2,1-2H3,(H,16,21)(H,17,20)(H,23,24). The third kappa shape index (κ3) is 4.90. The number of nitrogens with one attached hydrogen (secondary N) is 2. The molecular weight excluding hydrogens is 320 g/mol. The number of carboxylic acids is 1. The molecule has 0 aromatic heterocycles. The first kappa shape index (κ1) is 19.8. The number of aliphatic carboxylic acids is 1. The number of carboxylic acid groups (broad SMARTS) is 1. The lowest BCUT2D eigenvalue weighted by atomic mass is 10.2. The molecule has 3 amide bonds. The monoisotopic (exact) mass is 344 g/mol. The van der Waals surface area contributed by atoms with Crippen LogP contribution in [-0.2, 0) is 19.2 Å². The van der Waals surface area contributed by atoms with E-state index in [4.69, 9.17) is 10.8 Å². The summed E-state index contributed by atoms with van der Waals surface area (Å²) in [4.78, 5) is 48.2. The second-order valence-electron chi connectivity index (χ2n) is 5.79. The largest absolute Gasteiger partial charge is 0.480 e. The van der Waals surface area contributed by atoms with Gasteiger partial charge in [-0.2, -0.15) is 0 Å². The molecule has 6 N–H and O–H groups in total. The number of rotatable bonds is 7. The highest BCUT2D eigenvalue weighted by Crippen LogP contribution is 2.18. The Labute approximate surface area is 139 Å². The second-order valence-corrected chi connectivity index (χ2v) is 5.79. The highest BCUT2D eigenvalue weighted by atomic mass is 16.4. The zero-order chi connectivity index (χ0) is 18.4. The van der Waals surface area contributed by atoms with Crippen LogP contribution in [0.25, 0.3) is 0 Å². The molecule has 4 atom stereocenters. The minimum Gasteiger partial charge on any atom is -0.480 e. The van der Waals surface area contributed by atoms with Gasteiger partial charge in [-0.3, -0.25) is 14.4 Å². The molecule has 1 heterocycles. The van der Waals surface area contributed by atoms with Crippen LogP contribution in [0.2, 0.25) is 0 Å². The van der Waals surface area contributed by atoms with Crippen LogP contribution >= 0.6 is 0 Å². The van der Waals surface area contributed by atoms with Crippen molar-refractivity contribution >= 4 is 23.7 Å². The van der Waals surface area contributed by atoms with Crippen molar-refractivity contribution in [3.8, 4) is 0 Å². The quantitative estimate of drug-likeness (QED) is 0.338. The lowest BCUT2D eigenvalue weighted by Gasteiger charge is -2.26. The van der Waals surface area contributed by atoms with Crippen molar-refractivity contribution in [1.29, 1.82) is 0 Å². The maximum absolute atomic E-state index is 12.3. The first-order chi connectivity index (χ1) is 11.2. The van der Waals surface area contributed by atoms with Crippen LogP contribution in [0.3, 0.4) is 0 Å². The van der Waals surface area contributed by atoms with Crippen molar-refractivity contribution in [1.82, 2.24) is 15.5 Å². The smallest absolute Gasteiger partial charge is 0.326 e. The molecule has 0 aromatic rings. The topological polar surface area (TPSA) is 162 Å². The molecule has 136 valence electrons. The van der Waals surface area contributed by atoms with Gasteiger partial charge in [0.15, 0.2) is 0 Å². The van der Waals surface area contributed by atoms with Crippen molar-refractivity contribution in [3.63, 3.8) is 0 Å². The minimum absolute atomic E-state index is 0.306. The van der Waals surface area contributed by atoms with Crippen LogP contribution < -0.4 is 16.4 Å². The summed E-state index contributed by atoms with van der Waals surface area (Å²) in [6.45, 7) is 2.49. The van der Waals surface area contributed by atoms with Gasteiger partial charge in [-0.05, 0) is 26.7 Å². The van der Waals surface area contributed by atoms with E-state index in [-0.39, 0.29) is 0 Å². The number of nitrogens with two attached hydrogens (primary N) is 1. The Bertz CT molecular complexity index is 509. The Hall–Kier alpha value is -2.20. The van der Waals surface area contributed by atoms with Crippen LogP contribution in [0.4, 0.5) is 0 Å². The van der Waals surface area contributed by atoms with Crippen molar-refractivity contribution in [2.75, 3.05) is 13.2 Å². The van der Waals surface area contributed by atoms with Gasteiger partial charge in [0.1, 0.15) is 18.1 Å². The van der Waals surface area contributed by atoms with Crippen LogP contribution in [-0.4, -0.2) is 76.1 Å². The van der Waals surface area contributed by atoms with Gasteiger partial charge in [0.25, 0.3) is 0 Å². The number of carbonyl (C=O) groups excluding carboxylic acids is 3. The average molecular weight is 344 g/mol. The van der Waals surface area contributed by atoms with E-state index < -0.39 is 54.5 Å². The van der Waals surface area contributed by atoms with Gasteiger partial charge in [-0.25, -0.2) is 4.79 Å². The summed E-state index contributed by atoms with van der Waals surface area (Å²) in [6.07, 6.45) is 0.943. The molecule has 1 saturated heterocycles. The predicted octanol–water partition coefficient (Wildman–Crippen LogP) is -2.61. The Morgan fingerprint density at radius 3 is 2.33 bits per heavy atom. The van der Waals surface area contributed by atoms with Crippen molar-refractivity contribution in [3.05, 3.63) is 0 Å². The zero-order valence-electron chi connectivity index (χ0n) is 13.7. The number of likely N-dealkylation sites (tertiary alicyclic amines) is 1. The van der Waals surface area contributed by atoms with Crippen molar-refractivity contribution < 1.29 is 29.4 Å². The molecule has 1 fully saturated rings. The van der Waals surface area contributed by atoms with E-state index in [0.717, 1.165) is 0 Å². The molecule has 0 aliphatic carbocycles. The Balaban J connectivity index is 2.66. The predicted molar refractivity (Wildman–Crippen MR) is 82.6 cm³/mol. The van der Waals surface area contributed by atoms with Crippen molar-refractivity contribution in [2.45, 2.75) is 50.9 Å². The maximum atomic E-state index is 12.3. The second kappa shape index (κ2) is 8.60. The summed E-state index contributed by atoms with van der Waals surface area (Å²) in [5.74, 6) is -2.98. The van der Waals surface area contributed by atoms with E-state index in [0.29, 0.717) is 19.4 Å². The molecule has 4 unspecified atom stereocenters. The van der Waals surface area contributed by atoms with Gasteiger partial charge in [-0.15, -0.1) is 0 Å². The van der Waals surface area contributed by atoms with Crippen LogP contribution in [0.15, 0.2) is 0 Å². The lowest BCUT2D eigenvalue weighted by molar-refractivity contribution is -0.149. The highest BCUT2D eigenvalue weighted by molar-refractivity contribution is 5.94. The van der Waals surface area contributed by atoms with E-state index >= 15 is 0 Å². The maximum Gasteiger partial charge on any atom is 0.326 e. The molecule has 1 aliphatic heterocycles. The fourth-order valence-corrected chi connectivity index (χ4v) is 2.41. The van der Waals surface area contributed by atoms with E-state index in [1.807, 2.05) is 0 Å². The van der Waals surface area contributed by atoms with E-state index in [1.165, 1.54) is 18.7 Å². The third-order valence-electron chi connectivity index (χ3n) is 3.78. The molecule has 10 nitrogen and oxygen atoms in total. The highest BCUT2D eigenvalue weighted by Gasteiger charge is 2.36. The summed E-state index contributed by atoms with van der Waals surface area (Å²) in [7, 11) is 0. The van der Waals surface area contributed by atoms with E-state index in [9.17, 15) is 24.3 Å². The lowest BCUT2D eigenvalue weighted by Crippen LogP contribution is -2.57. The summed E-state index contributed by atoms with van der Waals surface area (Å²) in [6, 6.07) is -3.98. The van der Waals surface area contributed by atoms with Gasteiger partial charge in [0.2, 0.25) is 17.7 Å². The molecule has 0 radical (unpaired) electrons. The van der Waals surface area contributed by atoms with Crippen LogP contribution in [0.1, 0.15) is 26.7 Å². The summed E-state index contributed by atoms with van der Waals surface area (Å²) in [5, 5.41) is 22.9. The first-order valence-electron chi connectivity index (χ1n) is 7.69. The van der Waals surface area contributed by atoms with E-state index in [2.05, 4.69) is 10.6 Å². The number of nitrogens with zero attached hydrogens (tertiary/aromatic N) is 1. The number of aliphatic hydroxyl groups excluding tert-OH is 1. The van der Waals surface area contributed by atoms with E-state index in [1.54, 1.807) is 0 Å². The summed E-state index contributed by atoms with van der Waals surface area (Å²) in [5.41, 5.74) is 5.37. The third-order valence-corrected chi connectivity index (χ3v) is 3.78. The van der Waals surface area contributed by atoms with Crippen LogP contribution in [0, 0.1) is 0 Å². The Morgan fingerprint density at radius 1 is 1.21 bits per heavy atom. The van der Waals surface area contributed by atoms with Crippen molar-refractivity contribution in [2.24, 2.45) is 5.73 Å². The summed E-state index contributed by atoms with van der Waals surface area (Å²) < 4.78 is 0. The van der Waals surface area contributed by atoms with Crippen LogP contribution in [0.5, 0.6) is 0 Å². The first-order valence-corrected chi connectivity index (χ1v) is 7.69. The summed E-state index contributed by atoms with van der Waals surface area (Å²) >= 11 is 0. The molecule has 0 bridgehead atoms. The molecular formula is C14H24N4O6. The fraction of sp³-hybridized carbons (Fsp3) is 0.714. The molecule has 1 rings (SSSR count). The Morgan fingerprint density at radius 2 is 1.83 bits per heavy atom. The Kier molecular flexibility index (Phi) is 7.11. The minimum atomic E-state index is -1.24. The zero-order valence-corrected chi connectivity index (χ0v) is 13.7. The number of hydrogen-bond acceptors (Lipinski definition) is 6. The number of aliphatic hydroxyl groups is 1. The van der Waals surface area contributed by atoms with Gasteiger partial charge >= 0.3 is 5.97 Å². The normalized spacial score (nSPS) is 20.8. The molecule has 1 aliphatic rings. The number of hydrogen-bond donors (Lipinski definition) is 5. The average Bonchev–Trinajstić information content (AvgIpc) is 3.00. The molecule has 10 heteroatoms. The SMILES string of the molecule is CC(N)C(=O)NC(CO)C(=O)NC(C)C(=O)N1CCCC1C(=O)O. The van der Waals surface area contributed by atoms with Gasteiger partial charge < -0.3 is 31.5 Å². The molecule has 0 saturated carbocycles. The van der Waals surface area contributed by atoms with Gasteiger partial charge in [0, 0.05) is 6.54 Å². The molecule has 0 spiro atoms. The number of amides is 3. The number of carbonyl (C=O) groups is 4. The molecule has 0 aromatic carbocycles. The van der Waals surface area contributed by atoms with Gasteiger partial charge in [0.05, 0.1) is 12.6 Å². The van der Waals surface area contributed by atoms with Gasteiger partial charge in [-0.1, -0.05) is 0 Å². The molecule has 24 heavy (non-hydrogen) atoms. The fourth-order valence-electron chi connectivity index (χ4n) is 2.41.